The summed E-state index contributed by atoms with van der Waals surface area (Å²) in [7, 11) is 0. The van der Waals surface area contributed by atoms with Gasteiger partial charge in [0.2, 0.25) is 5.91 Å². The van der Waals surface area contributed by atoms with Crippen molar-refractivity contribution in [2.24, 2.45) is 0 Å². The van der Waals surface area contributed by atoms with Crippen molar-refractivity contribution in [3.8, 4) is 5.75 Å². The molecule has 0 aliphatic heterocycles. The fraction of sp³-hybridized carbons (Fsp3) is 0.200. The van der Waals surface area contributed by atoms with Crippen molar-refractivity contribution in [1.29, 1.82) is 0 Å². The maximum absolute atomic E-state index is 11.4. The Kier molecular flexibility index (Phi) is 5.12. The van der Waals surface area contributed by atoms with E-state index in [4.69, 9.17) is 5.11 Å². The van der Waals surface area contributed by atoms with Crippen LogP contribution in [0.25, 0.3) is 0 Å². The molecule has 1 amide bonds. The molecule has 19 heavy (non-hydrogen) atoms. The second kappa shape index (κ2) is 6.59. The average molecular weight is 286 g/mol. The smallest absolute Gasteiger partial charge is 0.313 e. The molecule has 8 nitrogen and oxygen atoms in total. The number of phenols is 1. The van der Waals surface area contributed by atoms with Gasteiger partial charge in [-0.1, -0.05) is 0 Å². The van der Waals surface area contributed by atoms with E-state index in [1.165, 1.54) is 6.07 Å². The first-order valence-electron chi connectivity index (χ1n) is 4.97. The van der Waals surface area contributed by atoms with Crippen molar-refractivity contribution < 1.29 is 24.7 Å². The Morgan fingerprint density at radius 1 is 1.37 bits per heavy atom. The van der Waals surface area contributed by atoms with E-state index >= 15 is 0 Å². The predicted octanol–water partition coefficient (Wildman–Crippen LogP) is 1.06. The van der Waals surface area contributed by atoms with Gasteiger partial charge >= 0.3 is 5.97 Å². The van der Waals surface area contributed by atoms with Crippen LogP contribution in [0.15, 0.2) is 18.2 Å². The number of aromatic hydroxyl groups is 1. The number of nitro groups is 1. The van der Waals surface area contributed by atoms with Crippen LogP contribution in [-0.2, 0) is 9.59 Å². The minimum Gasteiger partial charge on any atom is -0.506 e. The lowest BCUT2D eigenvalue weighted by Crippen LogP contribution is -2.15. The number of benzene rings is 1. The number of carboxylic acid groups (broad SMARTS) is 1. The van der Waals surface area contributed by atoms with E-state index in [0.29, 0.717) is 0 Å². The minimum absolute atomic E-state index is 0.0338. The number of rotatable bonds is 6. The highest BCUT2D eigenvalue weighted by molar-refractivity contribution is 8.00. The van der Waals surface area contributed by atoms with Crippen LogP contribution in [0.1, 0.15) is 0 Å². The van der Waals surface area contributed by atoms with Crippen LogP contribution in [0.3, 0.4) is 0 Å². The van der Waals surface area contributed by atoms with Crippen LogP contribution in [0.2, 0.25) is 0 Å². The summed E-state index contributed by atoms with van der Waals surface area (Å²) in [5.74, 6) is -2.26. The largest absolute Gasteiger partial charge is 0.506 e. The van der Waals surface area contributed by atoms with E-state index < -0.39 is 22.5 Å². The predicted molar refractivity (Wildman–Crippen MR) is 68.4 cm³/mol. The maximum atomic E-state index is 11.4. The molecule has 0 aliphatic carbocycles. The third-order valence-corrected chi connectivity index (χ3v) is 2.84. The number of carbonyl (C=O) groups excluding carboxylic acids is 1. The van der Waals surface area contributed by atoms with Gasteiger partial charge in [0.05, 0.1) is 28.2 Å². The van der Waals surface area contributed by atoms with Gasteiger partial charge in [0, 0.05) is 6.07 Å². The van der Waals surface area contributed by atoms with Gasteiger partial charge in [-0.3, -0.25) is 19.7 Å². The molecule has 9 heteroatoms. The van der Waals surface area contributed by atoms with E-state index in [1.54, 1.807) is 0 Å². The Hall–Kier alpha value is -2.29. The van der Waals surface area contributed by atoms with Crippen molar-refractivity contribution in [3.63, 3.8) is 0 Å². The zero-order chi connectivity index (χ0) is 14.4. The van der Waals surface area contributed by atoms with Crippen molar-refractivity contribution >= 4 is 35.0 Å². The highest BCUT2D eigenvalue weighted by Crippen LogP contribution is 2.27. The van der Waals surface area contributed by atoms with Gasteiger partial charge < -0.3 is 15.5 Å². The molecular weight excluding hydrogens is 276 g/mol. The monoisotopic (exact) mass is 286 g/mol. The molecule has 102 valence electrons. The van der Waals surface area contributed by atoms with Crippen LogP contribution in [0, 0.1) is 10.1 Å². The van der Waals surface area contributed by atoms with E-state index in [0.717, 1.165) is 23.9 Å². The molecule has 0 heterocycles. The Morgan fingerprint density at radius 3 is 2.58 bits per heavy atom. The molecule has 0 unspecified atom stereocenters. The average Bonchev–Trinajstić information content (AvgIpc) is 2.31. The summed E-state index contributed by atoms with van der Waals surface area (Å²) in [6.45, 7) is 0. The van der Waals surface area contributed by atoms with Crippen LogP contribution in [0.4, 0.5) is 11.4 Å². The van der Waals surface area contributed by atoms with Crippen molar-refractivity contribution in [2.45, 2.75) is 0 Å². The van der Waals surface area contributed by atoms with Gasteiger partial charge in [-0.15, -0.1) is 11.8 Å². The number of thioether (sulfide) groups is 1. The van der Waals surface area contributed by atoms with Crippen molar-refractivity contribution in [3.05, 3.63) is 28.3 Å². The Bertz CT molecular complexity index is 519. The lowest BCUT2D eigenvalue weighted by atomic mass is 10.2. The second-order valence-electron chi connectivity index (χ2n) is 3.39. The van der Waals surface area contributed by atoms with Crippen LogP contribution in [0.5, 0.6) is 5.75 Å². The molecule has 0 saturated carbocycles. The zero-order valence-electron chi connectivity index (χ0n) is 9.53. The molecule has 0 spiro atoms. The summed E-state index contributed by atoms with van der Waals surface area (Å²) in [5, 5.41) is 30.6. The molecule has 1 aromatic rings. The Balaban J connectivity index is 2.59. The first-order valence-corrected chi connectivity index (χ1v) is 6.12. The molecule has 1 aromatic carbocycles. The topological polar surface area (TPSA) is 130 Å². The first kappa shape index (κ1) is 14.8. The number of anilines is 1. The molecule has 0 radical (unpaired) electrons. The normalized spacial score (nSPS) is 9.89. The number of carboxylic acids is 1. The number of carbonyl (C=O) groups is 2. The lowest BCUT2D eigenvalue weighted by molar-refractivity contribution is -0.384. The molecule has 0 aromatic heterocycles. The quantitative estimate of drug-likeness (QED) is 0.405. The van der Waals surface area contributed by atoms with Gasteiger partial charge in [0.1, 0.15) is 5.75 Å². The second-order valence-corrected chi connectivity index (χ2v) is 4.38. The fourth-order valence-electron chi connectivity index (χ4n) is 1.16. The Labute approximate surface area is 111 Å². The van der Waals surface area contributed by atoms with Crippen LogP contribution < -0.4 is 5.32 Å². The molecule has 0 aliphatic rings. The molecule has 0 saturated heterocycles. The first-order chi connectivity index (χ1) is 8.90. The van der Waals surface area contributed by atoms with Crippen LogP contribution >= 0.6 is 11.8 Å². The van der Waals surface area contributed by atoms with Crippen LogP contribution in [-0.4, -0.2) is 38.5 Å². The number of phenolic OH excluding ortho intramolecular Hbond substituents is 1. The summed E-state index contributed by atoms with van der Waals surface area (Å²) in [4.78, 5) is 31.4. The standard InChI is InChI=1S/C10H10N2O6S/c13-8-3-6(12(17)18)1-2-7(8)11-9(14)4-19-5-10(15)16/h1-3,13H,4-5H2,(H,11,14)(H,15,16). The summed E-state index contributed by atoms with van der Waals surface area (Å²) >= 11 is 0.901. The number of nitro benzene ring substituents is 1. The Morgan fingerprint density at radius 2 is 2.05 bits per heavy atom. The molecule has 0 atom stereocenters. The van der Waals surface area contributed by atoms with Crippen molar-refractivity contribution in [2.75, 3.05) is 16.8 Å². The van der Waals surface area contributed by atoms with Gasteiger partial charge in [0.15, 0.2) is 0 Å². The summed E-state index contributed by atoms with van der Waals surface area (Å²) in [5.41, 5.74) is -0.262. The van der Waals surface area contributed by atoms with Gasteiger partial charge in [0.25, 0.3) is 5.69 Å². The lowest BCUT2D eigenvalue weighted by Gasteiger charge is -2.06. The number of nitrogens with zero attached hydrogens (tertiary/aromatic N) is 1. The minimum atomic E-state index is -1.03. The number of hydrogen-bond acceptors (Lipinski definition) is 6. The number of amides is 1. The number of aliphatic carboxylic acids is 1. The maximum Gasteiger partial charge on any atom is 0.313 e. The number of non-ortho nitro benzene ring substituents is 1. The zero-order valence-corrected chi connectivity index (χ0v) is 10.3. The van der Waals surface area contributed by atoms with Gasteiger partial charge in [-0.25, -0.2) is 0 Å². The molecule has 1 rings (SSSR count). The highest BCUT2D eigenvalue weighted by Gasteiger charge is 2.12. The van der Waals surface area contributed by atoms with Gasteiger partial charge in [-0.05, 0) is 6.07 Å². The summed E-state index contributed by atoms with van der Waals surface area (Å²) in [6, 6.07) is 3.26. The van der Waals surface area contributed by atoms with E-state index in [9.17, 15) is 24.8 Å². The summed E-state index contributed by atoms with van der Waals surface area (Å²) < 4.78 is 0. The van der Waals surface area contributed by atoms with E-state index in [-0.39, 0.29) is 22.9 Å². The highest BCUT2D eigenvalue weighted by atomic mass is 32.2. The molecular formula is C10H10N2O6S. The van der Waals surface area contributed by atoms with Gasteiger partial charge in [-0.2, -0.15) is 0 Å². The van der Waals surface area contributed by atoms with Crippen molar-refractivity contribution in [1.82, 2.24) is 0 Å². The third kappa shape index (κ3) is 4.84. The summed E-state index contributed by atoms with van der Waals surface area (Å²) in [6.07, 6.45) is 0. The molecule has 0 fully saturated rings. The number of hydrogen-bond donors (Lipinski definition) is 3. The van der Waals surface area contributed by atoms with E-state index in [2.05, 4.69) is 5.32 Å². The molecule has 0 bridgehead atoms. The third-order valence-electron chi connectivity index (χ3n) is 1.92. The SMILES string of the molecule is O=C(O)CSCC(=O)Nc1ccc([N+](=O)[O-])cc1O. The van der Waals surface area contributed by atoms with E-state index in [1.807, 2.05) is 0 Å². The molecule has 3 N–H and O–H groups in total. The fourth-order valence-corrected chi connectivity index (χ4v) is 1.69. The number of nitrogens with one attached hydrogen (secondary N) is 1.